The maximum Gasteiger partial charge on any atom is 0.0926 e. The van der Waals surface area contributed by atoms with E-state index in [0.717, 1.165) is 18.4 Å². The third-order valence-electron chi connectivity index (χ3n) is 7.25. The first-order chi connectivity index (χ1) is 11.9. The number of aliphatic hydroxyl groups is 1. The lowest BCUT2D eigenvalue weighted by molar-refractivity contribution is -0.0493. The molecule has 2 atom stereocenters. The summed E-state index contributed by atoms with van der Waals surface area (Å²) in [4.78, 5) is 2.49. The standard InChI is InChI=1S/C23H27NO/c1-22(2)20-7-5-4-6-18(20)19-11-8-15(12-21(19)22)23(25)13-16-9-10-17(14-23)24(16)3/h4-8,11-12,16-17,25H,9-10,13-14H2,1-3H3. The largest absolute Gasteiger partial charge is 0.385 e. The number of rotatable bonds is 1. The Labute approximate surface area is 150 Å². The third kappa shape index (κ3) is 2.04. The highest BCUT2D eigenvalue weighted by atomic mass is 16.3. The second kappa shape index (κ2) is 4.96. The summed E-state index contributed by atoms with van der Waals surface area (Å²) in [6, 6.07) is 16.5. The van der Waals surface area contributed by atoms with Crippen LogP contribution in [0.3, 0.4) is 0 Å². The zero-order chi connectivity index (χ0) is 17.4. The summed E-state index contributed by atoms with van der Waals surface area (Å²) >= 11 is 0. The van der Waals surface area contributed by atoms with Crippen LogP contribution >= 0.6 is 0 Å². The van der Waals surface area contributed by atoms with Crippen molar-refractivity contribution >= 4 is 0 Å². The van der Waals surface area contributed by atoms with E-state index in [9.17, 15) is 5.11 Å². The maximum atomic E-state index is 11.5. The third-order valence-corrected chi connectivity index (χ3v) is 7.25. The second-order valence-corrected chi connectivity index (χ2v) is 8.92. The van der Waals surface area contributed by atoms with Crippen LogP contribution in [-0.2, 0) is 11.0 Å². The highest BCUT2D eigenvalue weighted by molar-refractivity contribution is 5.81. The first kappa shape index (κ1) is 15.6. The molecule has 0 aromatic heterocycles. The van der Waals surface area contributed by atoms with Crippen LogP contribution in [0, 0.1) is 0 Å². The van der Waals surface area contributed by atoms with Gasteiger partial charge < -0.3 is 10.0 Å². The maximum absolute atomic E-state index is 11.5. The normalized spacial score (nSPS) is 32.5. The summed E-state index contributed by atoms with van der Waals surface area (Å²) in [5, 5.41) is 11.5. The van der Waals surface area contributed by atoms with Crippen LogP contribution in [0.4, 0.5) is 0 Å². The molecule has 1 aliphatic carbocycles. The van der Waals surface area contributed by atoms with Crippen molar-refractivity contribution in [3.63, 3.8) is 0 Å². The van der Waals surface area contributed by atoms with Crippen molar-refractivity contribution in [1.29, 1.82) is 0 Å². The van der Waals surface area contributed by atoms with E-state index in [-0.39, 0.29) is 5.41 Å². The fraction of sp³-hybridized carbons (Fsp3) is 0.478. The molecule has 2 aromatic rings. The Kier molecular flexibility index (Phi) is 3.09. The molecule has 2 aliphatic heterocycles. The quantitative estimate of drug-likeness (QED) is 0.834. The average Bonchev–Trinajstić information content (AvgIpc) is 2.96. The molecule has 2 nitrogen and oxygen atoms in total. The Morgan fingerprint density at radius 1 is 0.920 bits per heavy atom. The van der Waals surface area contributed by atoms with Crippen LogP contribution in [0.5, 0.6) is 0 Å². The van der Waals surface area contributed by atoms with Crippen molar-refractivity contribution in [2.24, 2.45) is 0 Å². The van der Waals surface area contributed by atoms with Crippen molar-refractivity contribution in [3.05, 3.63) is 59.2 Å². The molecule has 2 aromatic carbocycles. The van der Waals surface area contributed by atoms with E-state index >= 15 is 0 Å². The van der Waals surface area contributed by atoms with E-state index in [1.807, 2.05) is 0 Å². The molecule has 25 heavy (non-hydrogen) atoms. The van der Waals surface area contributed by atoms with Crippen molar-refractivity contribution in [2.45, 2.75) is 62.6 Å². The van der Waals surface area contributed by atoms with Gasteiger partial charge in [-0.3, -0.25) is 0 Å². The van der Waals surface area contributed by atoms with Gasteiger partial charge >= 0.3 is 0 Å². The lowest BCUT2D eigenvalue weighted by Gasteiger charge is -2.42. The minimum absolute atomic E-state index is 0.00272. The van der Waals surface area contributed by atoms with E-state index < -0.39 is 5.60 Å². The monoisotopic (exact) mass is 333 g/mol. The van der Waals surface area contributed by atoms with E-state index in [2.05, 4.69) is 68.3 Å². The van der Waals surface area contributed by atoms with Crippen molar-refractivity contribution in [1.82, 2.24) is 4.90 Å². The minimum atomic E-state index is -0.668. The topological polar surface area (TPSA) is 23.5 Å². The van der Waals surface area contributed by atoms with Crippen molar-refractivity contribution < 1.29 is 5.11 Å². The zero-order valence-corrected chi connectivity index (χ0v) is 15.4. The highest BCUT2D eigenvalue weighted by Gasteiger charge is 2.47. The Morgan fingerprint density at radius 2 is 1.56 bits per heavy atom. The molecule has 2 heterocycles. The summed E-state index contributed by atoms with van der Waals surface area (Å²) in [6.45, 7) is 4.62. The SMILES string of the molecule is CN1C2CCC1CC(O)(c1ccc3c(c1)C(C)(C)c1ccccc1-3)C2. The van der Waals surface area contributed by atoms with Gasteiger partial charge in [-0.25, -0.2) is 0 Å². The van der Waals surface area contributed by atoms with Crippen LogP contribution in [-0.4, -0.2) is 29.1 Å². The zero-order valence-electron chi connectivity index (χ0n) is 15.4. The average molecular weight is 333 g/mol. The number of hydrogen-bond acceptors (Lipinski definition) is 2. The van der Waals surface area contributed by atoms with Crippen LogP contribution in [0.25, 0.3) is 11.1 Å². The summed E-state index contributed by atoms with van der Waals surface area (Å²) in [5.41, 5.74) is 5.91. The number of benzene rings is 2. The lowest BCUT2D eigenvalue weighted by atomic mass is 9.77. The number of piperidine rings is 1. The molecule has 5 rings (SSSR count). The molecular formula is C23H27NO. The number of nitrogens with zero attached hydrogens (tertiary/aromatic N) is 1. The van der Waals surface area contributed by atoms with E-state index in [0.29, 0.717) is 12.1 Å². The van der Waals surface area contributed by atoms with Gasteiger partial charge in [0.25, 0.3) is 0 Å². The Balaban J connectivity index is 1.60. The van der Waals surface area contributed by atoms with E-state index in [4.69, 9.17) is 0 Å². The molecule has 3 aliphatic rings. The Bertz CT molecular complexity index is 839. The van der Waals surface area contributed by atoms with Gasteiger partial charge in [0, 0.05) is 17.5 Å². The molecule has 130 valence electrons. The van der Waals surface area contributed by atoms with Gasteiger partial charge in [-0.15, -0.1) is 0 Å². The fourth-order valence-corrected chi connectivity index (χ4v) is 5.67. The van der Waals surface area contributed by atoms with Gasteiger partial charge in [-0.2, -0.15) is 0 Å². The van der Waals surface area contributed by atoms with Crippen molar-refractivity contribution in [2.75, 3.05) is 7.05 Å². The first-order valence-corrected chi connectivity index (χ1v) is 9.59. The summed E-state index contributed by atoms with van der Waals surface area (Å²) in [7, 11) is 2.23. The molecule has 0 saturated carbocycles. The second-order valence-electron chi connectivity index (χ2n) is 8.92. The lowest BCUT2D eigenvalue weighted by Crippen LogP contribution is -2.47. The summed E-state index contributed by atoms with van der Waals surface area (Å²) < 4.78 is 0. The molecule has 2 fully saturated rings. The molecule has 2 heteroatoms. The minimum Gasteiger partial charge on any atom is -0.385 e. The van der Waals surface area contributed by atoms with Crippen LogP contribution in [0.15, 0.2) is 42.5 Å². The summed E-state index contributed by atoms with van der Waals surface area (Å²) in [6.07, 6.45) is 4.19. The summed E-state index contributed by atoms with van der Waals surface area (Å²) in [5.74, 6) is 0. The van der Waals surface area contributed by atoms with Crippen LogP contribution < -0.4 is 0 Å². The van der Waals surface area contributed by atoms with E-state index in [1.54, 1.807) is 0 Å². The molecule has 0 spiro atoms. The van der Waals surface area contributed by atoms with Crippen LogP contribution in [0.2, 0.25) is 0 Å². The van der Waals surface area contributed by atoms with Gasteiger partial charge in [-0.1, -0.05) is 56.3 Å². The van der Waals surface area contributed by atoms with Gasteiger partial charge in [0.15, 0.2) is 0 Å². The predicted octanol–water partition coefficient (Wildman–Crippen LogP) is 4.44. The number of fused-ring (bicyclic) bond motifs is 5. The molecule has 1 N–H and O–H groups in total. The molecular weight excluding hydrogens is 306 g/mol. The van der Waals surface area contributed by atoms with Crippen molar-refractivity contribution in [3.8, 4) is 11.1 Å². The van der Waals surface area contributed by atoms with Crippen LogP contribution in [0.1, 0.15) is 56.2 Å². The molecule has 2 bridgehead atoms. The Morgan fingerprint density at radius 3 is 2.28 bits per heavy atom. The fourth-order valence-electron chi connectivity index (χ4n) is 5.67. The first-order valence-electron chi connectivity index (χ1n) is 9.59. The van der Waals surface area contributed by atoms with Gasteiger partial charge in [-0.05, 0) is 60.5 Å². The van der Waals surface area contributed by atoms with Gasteiger partial charge in [0.1, 0.15) is 0 Å². The highest BCUT2D eigenvalue weighted by Crippen LogP contribution is 2.51. The Hall–Kier alpha value is -1.64. The molecule has 0 radical (unpaired) electrons. The predicted molar refractivity (Wildman–Crippen MR) is 102 cm³/mol. The molecule has 2 unspecified atom stereocenters. The molecule has 0 amide bonds. The number of hydrogen-bond donors (Lipinski definition) is 1. The smallest absolute Gasteiger partial charge is 0.0926 e. The molecule has 2 saturated heterocycles. The van der Waals surface area contributed by atoms with Gasteiger partial charge in [0.05, 0.1) is 5.60 Å². The van der Waals surface area contributed by atoms with Gasteiger partial charge in [0.2, 0.25) is 0 Å². The van der Waals surface area contributed by atoms with E-state index in [1.165, 1.54) is 35.1 Å².